The Balaban J connectivity index is 1.72. The van der Waals surface area contributed by atoms with Gasteiger partial charge in [0.1, 0.15) is 0 Å². The summed E-state index contributed by atoms with van der Waals surface area (Å²) in [4.78, 5) is 30.9. The predicted molar refractivity (Wildman–Crippen MR) is 145 cm³/mol. The van der Waals surface area contributed by atoms with Gasteiger partial charge < -0.3 is 25.2 Å². The van der Waals surface area contributed by atoms with Crippen molar-refractivity contribution in [1.29, 1.82) is 0 Å². The minimum atomic E-state index is -0.118. The van der Waals surface area contributed by atoms with Gasteiger partial charge in [-0.15, -0.1) is 0 Å². The van der Waals surface area contributed by atoms with E-state index in [2.05, 4.69) is 22.1 Å². The Labute approximate surface area is 217 Å². The summed E-state index contributed by atoms with van der Waals surface area (Å²) in [6.07, 6.45) is 10.4. The van der Waals surface area contributed by atoms with Gasteiger partial charge in [-0.3, -0.25) is 9.59 Å². The number of amides is 2. The van der Waals surface area contributed by atoms with E-state index in [0.717, 1.165) is 88.3 Å². The average molecular weight is 499 g/mol. The molecule has 0 aromatic heterocycles. The molecular weight excluding hydrogens is 452 g/mol. The molecule has 7 nitrogen and oxygen atoms in total. The molecule has 2 amide bonds. The number of rotatable bonds is 9. The van der Waals surface area contributed by atoms with Crippen LogP contribution < -0.4 is 10.6 Å². The Morgan fingerprint density at radius 3 is 2.58 bits per heavy atom. The van der Waals surface area contributed by atoms with E-state index < -0.39 is 0 Å². The number of allylic oxidation sites excluding steroid dienone is 3. The van der Waals surface area contributed by atoms with Crippen LogP contribution in [0.2, 0.25) is 0 Å². The zero-order chi connectivity index (χ0) is 26.1. The van der Waals surface area contributed by atoms with E-state index in [9.17, 15) is 9.59 Å². The van der Waals surface area contributed by atoms with Crippen molar-refractivity contribution in [2.24, 2.45) is 0 Å². The van der Waals surface area contributed by atoms with Crippen molar-refractivity contribution in [2.75, 3.05) is 46.4 Å². The SMILES string of the molecule is C=C1NC(=O)C(C)=C(NC2CCCC2)C/C1=C/C(C(=O)N1CCCN(CCCCOC)CC1)=C(C)C. The fourth-order valence-corrected chi connectivity index (χ4v) is 5.24. The normalized spacial score (nSPS) is 21.4. The Morgan fingerprint density at radius 1 is 1.14 bits per heavy atom. The maximum Gasteiger partial charge on any atom is 0.253 e. The summed E-state index contributed by atoms with van der Waals surface area (Å²) >= 11 is 0. The zero-order valence-corrected chi connectivity index (χ0v) is 22.9. The first-order valence-corrected chi connectivity index (χ1v) is 13.7. The van der Waals surface area contributed by atoms with Gasteiger partial charge in [-0.05, 0) is 77.6 Å². The number of unbranched alkanes of at least 4 members (excludes halogenated alkanes) is 1. The van der Waals surface area contributed by atoms with Gasteiger partial charge in [0.15, 0.2) is 0 Å². The maximum atomic E-state index is 13.7. The van der Waals surface area contributed by atoms with Crippen molar-refractivity contribution < 1.29 is 14.3 Å². The Kier molecular flexibility index (Phi) is 10.8. The molecule has 2 aliphatic heterocycles. The van der Waals surface area contributed by atoms with E-state index >= 15 is 0 Å². The van der Waals surface area contributed by atoms with Gasteiger partial charge in [0.05, 0.1) is 0 Å². The quantitative estimate of drug-likeness (QED) is 0.371. The smallest absolute Gasteiger partial charge is 0.253 e. The highest BCUT2D eigenvalue weighted by Crippen LogP contribution is 2.28. The molecule has 2 fully saturated rings. The van der Waals surface area contributed by atoms with Crippen LogP contribution in [0.1, 0.15) is 72.1 Å². The molecule has 7 heteroatoms. The molecule has 2 N–H and O–H groups in total. The lowest BCUT2D eigenvalue weighted by Crippen LogP contribution is -2.36. The van der Waals surface area contributed by atoms with Gasteiger partial charge >= 0.3 is 0 Å². The first-order valence-electron chi connectivity index (χ1n) is 13.7. The van der Waals surface area contributed by atoms with Crippen LogP contribution >= 0.6 is 0 Å². The first kappa shape index (κ1) is 28.2. The standard InChI is InChI=1S/C29H46N4O3/c1-21(2)26(29(35)33-15-10-14-32(16-17-33)13-8-9-18-36-5)19-24-20-27(31-25-11-6-7-12-25)22(3)28(34)30-23(24)4/h19,25,31H,4,6-18,20H2,1-3,5H3,(H,30,34)/b24-19-. The molecule has 3 aliphatic rings. The highest BCUT2D eigenvalue weighted by Gasteiger charge is 2.26. The second kappa shape index (κ2) is 13.8. The molecule has 1 saturated heterocycles. The Bertz CT molecular complexity index is 907. The molecule has 2 heterocycles. The number of methoxy groups -OCH3 is 1. The summed E-state index contributed by atoms with van der Waals surface area (Å²) in [5.41, 5.74) is 4.79. The summed E-state index contributed by atoms with van der Waals surface area (Å²) in [6.45, 7) is 15.2. The van der Waals surface area contributed by atoms with Crippen molar-refractivity contribution in [3.8, 4) is 0 Å². The van der Waals surface area contributed by atoms with Crippen molar-refractivity contribution in [3.63, 3.8) is 0 Å². The number of hydrogen-bond acceptors (Lipinski definition) is 5. The van der Waals surface area contributed by atoms with Crippen molar-refractivity contribution >= 4 is 11.8 Å². The van der Waals surface area contributed by atoms with Gasteiger partial charge in [-0.2, -0.15) is 0 Å². The Morgan fingerprint density at radius 2 is 1.89 bits per heavy atom. The van der Waals surface area contributed by atoms with E-state index in [1.54, 1.807) is 7.11 Å². The van der Waals surface area contributed by atoms with E-state index in [1.165, 1.54) is 12.8 Å². The van der Waals surface area contributed by atoms with Crippen LogP contribution in [0.15, 0.2) is 46.3 Å². The van der Waals surface area contributed by atoms with Crippen LogP contribution in [0.3, 0.4) is 0 Å². The largest absolute Gasteiger partial charge is 0.385 e. The molecule has 200 valence electrons. The third-order valence-electron chi connectivity index (χ3n) is 7.58. The minimum absolute atomic E-state index is 0.0677. The van der Waals surface area contributed by atoms with Crippen LogP contribution in [-0.4, -0.2) is 74.1 Å². The van der Waals surface area contributed by atoms with Crippen LogP contribution in [0.5, 0.6) is 0 Å². The molecule has 0 radical (unpaired) electrons. The van der Waals surface area contributed by atoms with Gasteiger partial charge in [-0.1, -0.05) is 25.0 Å². The van der Waals surface area contributed by atoms with Crippen molar-refractivity contribution in [2.45, 2.75) is 78.2 Å². The highest BCUT2D eigenvalue weighted by molar-refractivity contribution is 5.98. The molecule has 0 spiro atoms. The third-order valence-corrected chi connectivity index (χ3v) is 7.58. The summed E-state index contributed by atoms with van der Waals surface area (Å²) in [5, 5.41) is 6.57. The molecule has 0 atom stereocenters. The maximum absolute atomic E-state index is 13.7. The van der Waals surface area contributed by atoms with Crippen LogP contribution in [0.25, 0.3) is 0 Å². The summed E-state index contributed by atoms with van der Waals surface area (Å²) in [5.74, 6) is -0.0507. The van der Waals surface area contributed by atoms with Crippen molar-refractivity contribution in [3.05, 3.63) is 46.3 Å². The second-order valence-corrected chi connectivity index (χ2v) is 10.6. The van der Waals surface area contributed by atoms with Crippen LogP contribution in [0, 0.1) is 0 Å². The lowest BCUT2D eigenvalue weighted by Gasteiger charge is -2.23. The van der Waals surface area contributed by atoms with Gasteiger partial charge in [0.2, 0.25) is 0 Å². The third kappa shape index (κ3) is 7.81. The van der Waals surface area contributed by atoms with E-state index in [4.69, 9.17) is 4.74 Å². The van der Waals surface area contributed by atoms with Crippen LogP contribution in [-0.2, 0) is 14.3 Å². The Hall–Kier alpha value is -2.38. The number of carbonyl (C=O) groups is 2. The second-order valence-electron chi connectivity index (χ2n) is 10.6. The summed E-state index contributed by atoms with van der Waals surface area (Å²) < 4.78 is 5.16. The molecule has 0 bridgehead atoms. The summed E-state index contributed by atoms with van der Waals surface area (Å²) in [7, 11) is 1.74. The lowest BCUT2D eigenvalue weighted by atomic mass is 9.99. The fraction of sp³-hybridized carbons (Fsp3) is 0.655. The van der Waals surface area contributed by atoms with Gasteiger partial charge in [-0.25, -0.2) is 0 Å². The minimum Gasteiger partial charge on any atom is -0.385 e. The molecule has 1 aliphatic carbocycles. The number of carbonyl (C=O) groups excluding carboxylic acids is 2. The number of ether oxygens (including phenoxy) is 1. The molecule has 36 heavy (non-hydrogen) atoms. The van der Waals surface area contributed by atoms with Crippen molar-refractivity contribution in [1.82, 2.24) is 20.4 Å². The van der Waals surface area contributed by atoms with E-state index in [-0.39, 0.29) is 11.8 Å². The predicted octanol–water partition coefficient (Wildman–Crippen LogP) is 4.05. The van der Waals surface area contributed by atoms with Gasteiger partial charge in [0, 0.05) is 68.4 Å². The lowest BCUT2D eigenvalue weighted by molar-refractivity contribution is -0.126. The topological polar surface area (TPSA) is 73.9 Å². The molecule has 0 aromatic carbocycles. The number of nitrogens with one attached hydrogen (secondary N) is 2. The molecule has 0 unspecified atom stereocenters. The summed E-state index contributed by atoms with van der Waals surface area (Å²) in [6, 6.07) is 0.412. The van der Waals surface area contributed by atoms with E-state index in [0.29, 0.717) is 29.3 Å². The molecule has 1 saturated carbocycles. The molecule has 0 aromatic rings. The average Bonchev–Trinajstić information content (AvgIpc) is 3.21. The monoisotopic (exact) mass is 498 g/mol. The highest BCUT2D eigenvalue weighted by atomic mass is 16.5. The zero-order valence-electron chi connectivity index (χ0n) is 22.9. The van der Waals surface area contributed by atoms with Crippen LogP contribution in [0.4, 0.5) is 0 Å². The fourth-order valence-electron chi connectivity index (χ4n) is 5.24. The van der Waals surface area contributed by atoms with Gasteiger partial charge in [0.25, 0.3) is 11.8 Å². The number of hydrogen-bond donors (Lipinski definition) is 2. The van der Waals surface area contributed by atoms with E-state index in [1.807, 2.05) is 31.7 Å². The number of nitrogens with zero attached hydrogens (tertiary/aromatic N) is 2. The first-order chi connectivity index (χ1) is 17.3. The molecular formula is C29H46N4O3. The molecule has 3 rings (SSSR count).